The smallest absolute Gasteiger partial charge is 0.335 e. The molecule has 1 N–H and O–H groups in total. The summed E-state index contributed by atoms with van der Waals surface area (Å²) in [5.41, 5.74) is 1.34. The van der Waals surface area contributed by atoms with Crippen molar-refractivity contribution in [2.75, 3.05) is 18.6 Å². The van der Waals surface area contributed by atoms with Crippen LogP contribution in [-0.4, -0.2) is 31.6 Å². The predicted octanol–water partition coefficient (Wildman–Crippen LogP) is 6.80. The second-order valence-electron chi connectivity index (χ2n) is 8.37. The highest BCUT2D eigenvalue weighted by atomic mass is 79.9. The lowest BCUT2D eigenvalue weighted by atomic mass is 10.1. The molecule has 0 unspecified atom stereocenters. The first-order valence-corrected chi connectivity index (χ1v) is 13.3. The molecule has 0 bridgehead atoms. The van der Waals surface area contributed by atoms with E-state index in [0.717, 1.165) is 16.9 Å². The SMILES string of the molecule is CCCOc1ccc(N2C(=O)NC(=O)/C(=C/c3cc(Br)c(OCc4ccc(Cl)c(Cl)c4)c(OC)c3)C2=O)cc1. The number of amides is 4. The van der Waals surface area contributed by atoms with E-state index in [0.29, 0.717) is 49.6 Å². The van der Waals surface area contributed by atoms with Crippen molar-refractivity contribution in [1.29, 1.82) is 0 Å². The quantitative estimate of drug-likeness (QED) is 0.206. The Morgan fingerprint density at radius 2 is 1.72 bits per heavy atom. The van der Waals surface area contributed by atoms with Gasteiger partial charge < -0.3 is 14.2 Å². The van der Waals surface area contributed by atoms with Crippen molar-refractivity contribution < 1.29 is 28.6 Å². The third kappa shape index (κ3) is 6.55. The van der Waals surface area contributed by atoms with Crippen molar-refractivity contribution >= 4 is 68.7 Å². The number of nitrogens with zero attached hydrogens (tertiary/aromatic N) is 1. The summed E-state index contributed by atoms with van der Waals surface area (Å²) in [6, 6.07) is 14.1. The Morgan fingerprint density at radius 1 is 0.974 bits per heavy atom. The third-order valence-corrected chi connectivity index (χ3v) is 6.93. The van der Waals surface area contributed by atoms with Gasteiger partial charge in [-0.3, -0.25) is 14.9 Å². The fraction of sp³-hybridized carbons (Fsp3) is 0.179. The van der Waals surface area contributed by atoms with Crippen LogP contribution in [-0.2, 0) is 16.2 Å². The van der Waals surface area contributed by atoms with E-state index in [1.807, 2.05) is 6.92 Å². The van der Waals surface area contributed by atoms with E-state index < -0.39 is 17.8 Å². The number of halogens is 3. The Kier molecular flexibility index (Phi) is 9.16. The number of anilines is 1. The predicted molar refractivity (Wildman–Crippen MR) is 153 cm³/mol. The largest absolute Gasteiger partial charge is 0.494 e. The lowest BCUT2D eigenvalue weighted by molar-refractivity contribution is -0.122. The summed E-state index contributed by atoms with van der Waals surface area (Å²) < 4.78 is 17.5. The summed E-state index contributed by atoms with van der Waals surface area (Å²) in [4.78, 5) is 39.4. The first-order valence-electron chi connectivity index (χ1n) is 11.8. The molecule has 0 aromatic heterocycles. The van der Waals surface area contributed by atoms with Gasteiger partial charge in [-0.25, -0.2) is 9.69 Å². The molecule has 3 aromatic carbocycles. The van der Waals surface area contributed by atoms with Gasteiger partial charge in [0.1, 0.15) is 17.9 Å². The van der Waals surface area contributed by atoms with Crippen LogP contribution in [0.2, 0.25) is 10.0 Å². The number of ether oxygens (including phenoxy) is 3. The van der Waals surface area contributed by atoms with E-state index in [2.05, 4.69) is 21.2 Å². The van der Waals surface area contributed by atoms with Crippen LogP contribution >= 0.6 is 39.1 Å². The van der Waals surface area contributed by atoms with Crippen molar-refractivity contribution in [2.45, 2.75) is 20.0 Å². The zero-order valence-corrected chi connectivity index (χ0v) is 24.0. The summed E-state index contributed by atoms with van der Waals surface area (Å²) in [6.07, 6.45) is 2.22. The van der Waals surface area contributed by atoms with Crippen LogP contribution in [0.15, 0.2) is 64.6 Å². The van der Waals surface area contributed by atoms with Gasteiger partial charge >= 0.3 is 6.03 Å². The molecule has 4 amide bonds. The molecule has 1 fully saturated rings. The molecule has 202 valence electrons. The first-order chi connectivity index (χ1) is 18.7. The maximum absolute atomic E-state index is 13.3. The van der Waals surface area contributed by atoms with Gasteiger partial charge in [-0.2, -0.15) is 0 Å². The van der Waals surface area contributed by atoms with Crippen LogP contribution in [0.5, 0.6) is 17.2 Å². The Labute approximate surface area is 243 Å². The summed E-state index contributed by atoms with van der Waals surface area (Å²) >= 11 is 15.5. The lowest BCUT2D eigenvalue weighted by Crippen LogP contribution is -2.54. The molecule has 0 saturated carbocycles. The Balaban J connectivity index is 1.59. The minimum atomic E-state index is -0.839. The van der Waals surface area contributed by atoms with E-state index >= 15 is 0 Å². The van der Waals surface area contributed by atoms with Crippen molar-refractivity contribution in [2.24, 2.45) is 0 Å². The number of imide groups is 2. The molecule has 1 aliphatic heterocycles. The topological polar surface area (TPSA) is 94.2 Å². The molecule has 0 atom stereocenters. The number of hydrogen-bond donors (Lipinski definition) is 1. The van der Waals surface area contributed by atoms with Crippen LogP contribution in [0.4, 0.5) is 10.5 Å². The van der Waals surface area contributed by atoms with E-state index in [-0.39, 0.29) is 12.2 Å². The van der Waals surface area contributed by atoms with Crippen LogP contribution in [0.3, 0.4) is 0 Å². The molecule has 11 heteroatoms. The highest BCUT2D eigenvalue weighted by Crippen LogP contribution is 2.38. The van der Waals surface area contributed by atoms with Crippen LogP contribution in [0.1, 0.15) is 24.5 Å². The molecule has 4 rings (SSSR count). The molecule has 0 radical (unpaired) electrons. The Morgan fingerprint density at radius 3 is 2.38 bits per heavy atom. The average molecular weight is 634 g/mol. The molecular formula is C28H23BrCl2N2O6. The van der Waals surface area contributed by atoms with Crippen LogP contribution in [0.25, 0.3) is 6.08 Å². The van der Waals surface area contributed by atoms with E-state index in [1.54, 1.807) is 54.6 Å². The normalized spacial score (nSPS) is 14.4. The maximum atomic E-state index is 13.3. The number of benzene rings is 3. The summed E-state index contributed by atoms with van der Waals surface area (Å²) in [5, 5.41) is 3.07. The average Bonchev–Trinajstić information content (AvgIpc) is 2.91. The highest BCUT2D eigenvalue weighted by Gasteiger charge is 2.37. The zero-order chi connectivity index (χ0) is 28.1. The minimum absolute atomic E-state index is 0.187. The third-order valence-electron chi connectivity index (χ3n) is 5.60. The number of methoxy groups -OCH3 is 1. The van der Waals surface area contributed by atoms with Gasteiger partial charge in [0.15, 0.2) is 11.5 Å². The standard InChI is InChI=1S/C28H23BrCl2N2O6/c1-3-10-38-19-7-5-18(6-8-19)33-27(35)20(26(34)32-28(33)36)11-17-12-21(29)25(24(14-17)37-2)39-15-16-4-9-22(30)23(31)13-16/h4-9,11-14H,3,10,15H2,1-2H3,(H,32,34,36)/b20-11-. The molecule has 0 aliphatic carbocycles. The van der Waals surface area contributed by atoms with Gasteiger partial charge in [0.05, 0.1) is 33.9 Å². The van der Waals surface area contributed by atoms with Gasteiger partial charge in [-0.15, -0.1) is 0 Å². The summed E-state index contributed by atoms with van der Waals surface area (Å²) in [7, 11) is 1.47. The number of carbonyl (C=O) groups excluding carboxylic acids is 3. The first kappa shape index (κ1) is 28.5. The van der Waals surface area contributed by atoms with Gasteiger partial charge in [0.25, 0.3) is 11.8 Å². The Bertz CT molecular complexity index is 1460. The fourth-order valence-corrected chi connectivity index (χ4v) is 4.61. The van der Waals surface area contributed by atoms with Crippen molar-refractivity contribution in [1.82, 2.24) is 5.32 Å². The molecule has 1 heterocycles. The second kappa shape index (κ2) is 12.5. The molecule has 39 heavy (non-hydrogen) atoms. The number of hydrogen-bond acceptors (Lipinski definition) is 6. The second-order valence-corrected chi connectivity index (χ2v) is 10.0. The van der Waals surface area contributed by atoms with E-state index in [9.17, 15) is 14.4 Å². The number of carbonyl (C=O) groups is 3. The number of nitrogens with one attached hydrogen (secondary N) is 1. The van der Waals surface area contributed by atoms with Gasteiger partial charge in [0, 0.05) is 0 Å². The minimum Gasteiger partial charge on any atom is -0.494 e. The zero-order valence-electron chi connectivity index (χ0n) is 20.9. The molecular weight excluding hydrogens is 611 g/mol. The Hall–Kier alpha value is -3.53. The number of rotatable bonds is 9. The number of urea groups is 1. The van der Waals surface area contributed by atoms with Gasteiger partial charge in [0.2, 0.25) is 0 Å². The summed E-state index contributed by atoms with van der Waals surface area (Å²) in [5.74, 6) is -0.196. The van der Waals surface area contributed by atoms with Crippen molar-refractivity contribution in [3.05, 3.63) is 85.8 Å². The highest BCUT2D eigenvalue weighted by molar-refractivity contribution is 9.10. The van der Waals surface area contributed by atoms with Crippen molar-refractivity contribution in [3.8, 4) is 17.2 Å². The lowest BCUT2D eigenvalue weighted by Gasteiger charge is -2.26. The summed E-state index contributed by atoms with van der Waals surface area (Å²) in [6.45, 7) is 2.72. The molecule has 0 spiro atoms. The molecule has 1 saturated heterocycles. The van der Waals surface area contributed by atoms with E-state index in [4.69, 9.17) is 37.4 Å². The fourth-order valence-electron chi connectivity index (χ4n) is 3.72. The van der Waals surface area contributed by atoms with Crippen LogP contribution in [0, 0.1) is 0 Å². The molecule has 8 nitrogen and oxygen atoms in total. The molecule has 1 aliphatic rings. The van der Waals surface area contributed by atoms with Crippen LogP contribution < -0.4 is 24.4 Å². The van der Waals surface area contributed by atoms with Crippen molar-refractivity contribution in [3.63, 3.8) is 0 Å². The van der Waals surface area contributed by atoms with Gasteiger partial charge in [-0.05, 0) is 88.1 Å². The maximum Gasteiger partial charge on any atom is 0.335 e. The number of barbiturate groups is 1. The van der Waals surface area contributed by atoms with Gasteiger partial charge in [-0.1, -0.05) is 36.2 Å². The van der Waals surface area contributed by atoms with E-state index in [1.165, 1.54) is 13.2 Å². The molecule has 3 aromatic rings. The monoisotopic (exact) mass is 632 g/mol.